The van der Waals surface area contributed by atoms with Gasteiger partial charge in [-0.1, -0.05) is 51.8 Å². The van der Waals surface area contributed by atoms with Gasteiger partial charge in [-0.15, -0.1) is 0 Å². The first-order valence-corrected chi connectivity index (χ1v) is 12.8. The monoisotopic (exact) mass is 554 g/mol. The standard InChI is InChI=1S/C24H16BrClN4O3S/c25-16-8-10-17(11-9-16)34(32,33)20-13-18-23(28-21-7-3-4-12-29(21)24(18)31)30(22(20)27)14-15-5-1-2-6-19(15)26/h1-13,27H,14H2. The summed E-state index contributed by atoms with van der Waals surface area (Å²) in [4.78, 5) is 17.7. The molecule has 3 aromatic heterocycles. The molecule has 0 spiro atoms. The van der Waals surface area contributed by atoms with Gasteiger partial charge in [0.25, 0.3) is 5.56 Å². The predicted molar refractivity (Wildman–Crippen MR) is 133 cm³/mol. The van der Waals surface area contributed by atoms with Crippen molar-refractivity contribution < 1.29 is 8.42 Å². The van der Waals surface area contributed by atoms with Crippen molar-refractivity contribution in [2.45, 2.75) is 16.3 Å². The molecule has 7 nitrogen and oxygen atoms in total. The highest BCUT2D eigenvalue weighted by molar-refractivity contribution is 9.10. The summed E-state index contributed by atoms with van der Waals surface area (Å²) in [5.74, 6) is 0. The Morgan fingerprint density at radius 2 is 1.71 bits per heavy atom. The Morgan fingerprint density at radius 3 is 2.44 bits per heavy atom. The van der Waals surface area contributed by atoms with Gasteiger partial charge in [0.2, 0.25) is 9.84 Å². The number of rotatable bonds is 4. The summed E-state index contributed by atoms with van der Waals surface area (Å²) in [6, 6.07) is 19.6. The molecule has 1 N–H and O–H groups in total. The fourth-order valence-corrected chi connectivity index (χ4v) is 5.60. The molecule has 0 saturated heterocycles. The zero-order valence-electron chi connectivity index (χ0n) is 17.4. The molecule has 0 saturated carbocycles. The molecule has 5 rings (SSSR count). The normalized spacial score (nSPS) is 11.8. The van der Waals surface area contributed by atoms with E-state index >= 15 is 0 Å². The second kappa shape index (κ2) is 8.50. The predicted octanol–water partition coefficient (Wildman–Crippen LogP) is 4.43. The first-order valence-electron chi connectivity index (χ1n) is 10.1. The summed E-state index contributed by atoms with van der Waals surface area (Å²) >= 11 is 9.66. The van der Waals surface area contributed by atoms with E-state index in [1.807, 2.05) is 0 Å². The molecule has 170 valence electrons. The number of aromatic nitrogens is 3. The van der Waals surface area contributed by atoms with Crippen LogP contribution in [-0.4, -0.2) is 22.4 Å². The lowest BCUT2D eigenvalue weighted by Crippen LogP contribution is -2.30. The molecule has 0 aliphatic carbocycles. The van der Waals surface area contributed by atoms with E-state index in [0.29, 0.717) is 16.2 Å². The number of benzene rings is 2. The second-order valence-electron chi connectivity index (χ2n) is 7.58. The largest absolute Gasteiger partial charge is 0.305 e. The average Bonchev–Trinajstić information content (AvgIpc) is 2.82. The van der Waals surface area contributed by atoms with Crippen molar-refractivity contribution in [1.82, 2.24) is 14.0 Å². The molecule has 34 heavy (non-hydrogen) atoms. The third kappa shape index (κ3) is 3.75. The molecule has 0 radical (unpaired) electrons. The fourth-order valence-electron chi connectivity index (χ4n) is 3.76. The van der Waals surface area contributed by atoms with E-state index in [4.69, 9.17) is 17.0 Å². The SMILES string of the molecule is N=c1c(S(=O)(=O)c2ccc(Br)cc2)cc2c(=O)n3ccccc3nc2n1Cc1ccccc1Cl. The number of nitrogens with one attached hydrogen (secondary N) is 1. The lowest BCUT2D eigenvalue weighted by Gasteiger charge is -2.16. The van der Waals surface area contributed by atoms with Crippen molar-refractivity contribution in [1.29, 1.82) is 5.41 Å². The van der Waals surface area contributed by atoms with Crippen LogP contribution in [0.15, 0.2) is 98.1 Å². The third-order valence-electron chi connectivity index (χ3n) is 5.48. The maximum atomic E-state index is 13.6. The lowest BCUT2D eigenvalue weighted by atomic mass is 10.2. The first-order chi connectivity index (χ1) is 16.3. The zero-order valence-corrected chi connectivity index (χ0v) is 20.6. The van der Waals surface area contributed by atoms with Gasteiger partial charge in [-0.3, -0.25) is 14.6 Å². The van der Waals surface area contributed by atoms with E-state index in [9.17, 15) is 13.2 Å². The molecule has 0 unspecified atom stereocenters. The van der Waals surface area contributed by atoms with E-state index in [-0.39, 0.29) is 32.9 Å². The first kappa shape index (κ1) is 22.5. The van der Waals surface area contributed by atoms with E-state index in [1.54, 1.807) is 60.8 Å². The van der Waals surface area contributed by atoms with Crippen LogP contribution < -0.4 is 11.0 Å². The Hall–Kier alpha value is -3.27. The molecule has 2 aromatic carbocycles. The summed E-state index contributed by atoms with van der Waals surface area (Å²) in [7, 11) is -4.11. The van der Waals surface area contributed by atoms with E-state index < -0.39 is 15.4 Å². The van der Waals surface area contributed by atoms with Crippen molar-refractivity contribution >= 4 is 54.0 Å². The van der Waals surface area contributed by atoms with Crippen LogP contribution in [0.3, 0.4) is 0 Å². The number of fused-ring (bicyclic) bond motifs is 2. The minimum atomic E-state index is -4.11. The van der Waals surface area contributed by atoms with Crippen LogP contribution >= 0.6 is 27.5 Å². The van der Waals surface area contributed by atoms with Gasteiger partial charge in [0.1, 0.15) is 21.7 Å². The molecule has 0 amide bonds. The number of nitrogens with zero attached hydrogens (tertiary/aromatic N) is 3. The maximum absolute atomic E-state index is 13.6. The Kier molecular flexibility index (Phi) is 5.63. The fraction of sp³-hybridized carbons (Fsp3) is 0.0417. The van der Waals surface area contributed by atoms with Crippen LogP contribution in [0, 0.1) is 5.41 Å². The molecule has 10 heteroatoms. The van der Waals surface area contributed by atoms with Gasteiger partial charge < -0.3 is 4.57 Å². The molecule has 0 aliphatic rings. The minimum absolute atomic E-state index is 0.0155. The highest BCUT2D eigenvalue weighted by atomic mass is 79.9. The zero-order chi connectivity index (χ0) is 24.0. The Morgan fingerprint density at radius 1 is 1.00 bits per heavy atom. The van der Waals surface area contributed by atoms with E-state index in [0.717, 1.165) is 4.47 Å². The molecule has 0 aliphatic heterocycles. The van der Waals surface area contributed by atoms with Crippen molar-refractivity contribution in [3.8, 4) is 0 Å². The smallest absolute Gasteiger partial charge is 0.267 e. The van der Waals surface area contributed by atoms with Crippen LogP contribution in [0.2, 0.25) is 5.02 Å². The summed E-state index contributed by atoms with van der Waals surface area (Å²) < 4.78 is 30.6. The maximum Gasteiger partial charge on any atom is 0.267 e. The summed E-state index contributed by atoms with van der Waals surface area (Å²) in [6.07, 6.45) is 1.57. The summed E-state index contributed by atoms with van der Waals surface area (Å²) in [6.45, 7) is 0.0636. The Bertz CT molecular complexity index is 1810. The number of hydrogen-bond acceptors (Lipinski definition) is 5. The van der Waals surface area contributed by atoms with Crippen molar-refractivity contribution in [3.05, 3.63) is 110 Å². The number of hydrogen-bond donors (Lipinski definition) is 1. The second-order valence-corrected chi connectivity index (χ2v) is 10.8. The summed E-state index contributed by atoms with van der Waals surface area (Å²) in [5, 5.41) is 9.40. The third-order valence-corrected chi connectivity index (χ3v) is 8.16. The van der Waals surface area contributed by atoms with Crippen molar-refractivity contribution in [2.24, 2.45) is 0 Å². The molecular formula is C24H16BrClN4O3S. The van der Waals surface area contributed by atoms with Gasteiger partial charge in [-0.05, 0) is 54.1 Å². The Labute approximate surface area is 207 Å². The number of sulfone groups is 1. The average molecular weight is 556 g/mol. The van der Waals surface area contributed by atoms with Gasteiger partial charge in [0.15, 0.2) is 0 Å². The van der Waals surface area contributed by atoms with Crippen molar-refractivity contribution in [3.63, 3.8) is 0 Å². The van der Waals surface area contributed by atoms with E-state index in [1.165, 1.54) is 27.2 Å². The van der Waals surface area contributed by atoms with Crippen molar-refractivity contribution in [2.75, 3.05) is 0 Å². The van der Waals surface area contributed by atoms with Crippen LogP contribution in [0.1, 0.15) is 5.56 Å². The number of pyridine rings is 2. The van der Waals surface area contributed by atoms with Crippen LogP contribution in [0.4, 0.5) is 0 Å². The van der Waals surface area contributed by atoms with E-state index in [2.05, 4.69) is 20.9 Å². The summed E-state index contributed by atoms with van der Waals surface area (Å²) in [5.41, 5.74) is 0.534. The number of halogens is 2. The van der Waals surface area contributed by atoms with Crippen LogP contribution in [-0.2, 0) is 16.4 Å². The molecule has 0 fully saturated rings. The molecule has 0 bridgehead atoms. The minimum Gasteiger partial charge on any atom is -0.305 e. The van der Waals surface area contributed by atoms with Gasteiger partial charge in [0, 0.05) is 15.7 Å². The van der Waals surface area contributed by atoms with Gasteiger partial charge in [-0.25, -0.2) is 13.4 Å². The lowest BCUT2D eigenvalue weighted by molar-refractivity contribution is 0.591. The highest BCUT2D eigenvalue weighted by Crippen LogP contribution is 2.24. The molecule has 0 atom stereocenters. The topological polar surface area (TPSA) is 97.3 Å². The van der Waals surface area contributed by atoms with Gasteiger partial charge in [0.05, 0.1) is 16.8 Å². The van der Waals surface area contributed by atoms with Crippen LogP contribution in [0.25, 0.3) is 16.7 Å². The van der Waals surface area contributed by atoms with Crippen LogP contribution in [0.5, 0.6) is 0 Å². The molecular weight excluding hydrogens is 540 g/mol. The quantitative estimate of drug-likeness (QED) is 0.332. The van der Waals surface area contributed by atoms with Gasteiger partial charge >= 0.3 is 0 Å². The van der Waals surface area contributed by atoms with Gasteiger partial charge in [-0.2, -0.15) is 0 Å². The highest BCUT2D eigenvalue weighted by Gasteiger charge is 2.24. The Balaban J connectivity index is 1.88. The molecule has 3 heterocycles. The molecule has 5 aromatic rings.